The number of ether oxygens (including phenoxy) is 2. The first-order chi connectivity index (χ1) is 19.1. The first kappa shape index (κ1) is 27.6. The molecule has 0 spiro atoms. The number of rotatable bonds is 2. The molecule has 2 aliphatic heterocycles. The van der Waals surface area contributed by atoms with Crippen molar-refractivity contribution in [3.05, 3.63) is 119 Å². The highest BCUT2D eigenvalue weighted by molar-refractivity contribution is 5.52. The Morgan fingerprint density at radius 2 is 0.875 bits per heavy atom. The van der Waals surface area contributed by atoms with Crippen LogP contribution in [0, 0.1) is 0 Å². The summed E-state index contributed by atoms with van der Waals surface area (Å²) in [5, 5.41) is 0. The molecule has 0 radical (unpaired) electrons. The van der Waals surface area contributed by atoms with Crippen LogP contribution in [-0.2, 0) is 23.9 Å². The summed E-state index contributed by atoms with van der Waals surface area (Å²) < 4.78 is 11.8. The van der Waals surface area contributed by atoms with Gasteiger partial charge in [0.15, 0.2) is 13.5 Å². The fourth-order valence-corrected chi connectivity index (χ4v) is 5.03. The normalized spacial score (nSPS) is 14.7. The second kappa shape index (κ2) is 11.3. The minimum absolute atomic E-state index is 0.171. The molecule has 6 rings (SSSR count). The van der Waals surface area contributed by atoms with E-state index in [0.717, 1.165) is 24.6 Å². The number of hydrogen-bond donors (Lipinski definition) is 0. The average molecular weight is 535 g/mol. The molecule has 40 heavy (non-hydrogen) atoms. The molecule has 0 N–H and O–H groups in total. The van der Waals surface area contributed by atoms with Gasteiger partial charge in [-0.05, 0) is 70.5 Å². The topological polar surface area (TPSA) is 24.9 Å². The van der Waals surface area contributed by atoms with E-state index in [1.54, 1.807) is 0 Å². The number of hydrogen-bond acceptors (Lipinski definition) is 4. The van der Waals surface area contributed by atoms with Gasteiger partial charge in [-0.3, -0.25) is 0 Å². The molecule has 2 aliphatic rings. The van der Waals surface area contributed by atoms with Crippen molar-refractivity contribution in [2.45, 2.75) is 65.5 Å². The molecule has 0 amide bonds. The van der Waals surface area contributed by atoms with Crippen molar-refractivity contribution in [3.8, 4) is 11.5 Å². The molecule has 4 aromatic carbocycles. The van der Waals surface area contributed by atoms with Gasteiger partial charge in [0.2, 0.25) is 0 Å². The van der Waals surface area contributed by atoms with E-state index >= 15 is 0 Å². The number of nitrogens with zero attached hydrogens (tertiary/aromatic N) is 2. The van der Waals surface area contributed by atoms with Crippen LogP contribution in [0.3, 0.4) is 0 Å². The maximum Gasteiger partial charge on any atom is 0.161 e. The fourth-order valence-electron chi connectivity index (χ4n) is 5.03. The number of fused-ring (bicyclic) bond motifs is 2. The fraction of sp³-hybridized carbons (Fsp3) is 0.333. The largest absolute Gasteiger partial charge is 0.473 e. The van der Waals surface area contributed by atoms with Gasteiger partial charge in [0.25, 0.3) is 0 Å². The predicted molar refractivity (Wildman–Crippen MR) is 167 cm³/mol. The summed E-state index contributed by atoms with van der Waals surface area (Å²) in [6.07, 6.45) is 0. The molecule has 0 aliphatic carbocycles. The van der Waals surface area contributed by atoms with Crippen LogP contribution < -0.4 is 19.3 Å². The molecule has 0 bridgehead atoms. The molecule has 0 atom stereocenters. The molecule has 4 heteroatoms. The van der Waals surface area contributed by atoms with Crippen molar-refractivity contribution >= 4 is 11.4 Å². The van der Waals surface area contributed by atoms with Crippen LogP contribution in [0.1, 0.15) is 63.8 Å². The monoisotopic (exact) mass is 534 g/mol. The highest BCUT2D eigenvalue weighted by Crippen LogP contribution is 2.34. The Balaban J connectivity index is 0.000000161. The molecule has 0 saturated heterocycles. The zero-order valence-electron chi connectivity index (χ0n) is 24.8. The lowest BCUT2D eigenvalue weighted by Gasteiger charge is -2.32. The Morgan fingerprint density at radius 1 is 0.500 bits per heavy atom. The van der Waals surface area contributed by atoms with E-state index in [9.17, 15) is 0 Å². The Bertz CT molecular complexity index is 1310. The minimum Gasteiger partial charge on any atom is -0.473 e. The Labute approximate surface area is 240 Å². The molecule has 4 nitrogen and oxygen atoms in total. The van der Waals surface area contributed by atoms with Gasteiger partial charge in [-0.2, -0.15) is 0 Å². The van der Waals surface area contributed by atoms with Gasteiger partial charge in [0.05, 0.1) is 0 Å². The summed E-state index contributed by atoms with van der Waals surface area (Å²) in [5.41, 5.74) is 8.01. The third kappa shape index (κ3) is 6.44. The van der Waals surface area contributed by atoms with E-state index in [2.05, 4.69) is 136 Å². The molecule has 0 unspecified atom stereocenters. The van der Waals surface area contributed by atoms with Crippen LogP contribution in [0.25, 0.3) is 0 Å². The summed E-state index contributed by atoms with van der Waals surface area (Å²) >= 11 is 0. The minimum atomic E-state index is 0.171. The van der Waals surface area contributed by atoms with E-state index in [-0.39, 0.29) is 10.8 Å². The van der Waals surface area contributed by atoms with Crippen LogP contribution in [0.15, 0.2) is 97.1 Å². The quantitative estimate of drug-likeness (QED) is 0.257. The molecular formula is C36H42N2O2. The van der Waals surface area contributed by atoms with Crippen LogP contribution in [0.4, 0.5) is 11.4 Å². The van der Waals surface area contributed by atoms with E-state index in [1.165, 1.54) is 33.6 Å². The number of anilines is 2. The number of benzene rings is 4. The van der Waals surface area contributed by atoms with Gasteiger partial charge in [0, 0.05) is 35.6 Å². The van der Waals surface area contributed by atoms with E-state index < -0.39 is 0 Å². The Hall–Kier alpha value is -3.92. The van der Waals surface area contributed by atoms with E-state index in [0.29, 0.717) is 13.5 Å². The standard InChI is InChI=1S/2C18H21NO/c2*1-18(2,3)15-9-10-17-14(11-15)12-19(13-20-17)16-7-5-4-6-8-16/h2*4-11H,12-13H2,1-3H3. The summed E-state index contributed by atoms with van der Waals surface area (Å²) in [4.78, 5) is 4.52. The predicted octanol–water partition coefficient (Wildman–Crippen LogP) is 8.68. The van der Waals surface area contributed by atoms with Gasteiger partial charge >= 0.3 is 0 Å². The van der Waals surface area contributed by atoms with E-state index in [4.69, 9.17) is 9.47 Å². The second-order valence-electron chi connectivity index (χ2n) is 12.8. The smallest absolute Gasteiger partial charge is 0.161 e. The summed E-state index contributed by atoms with van der Waals surface area (Å²) in [6, 6.07) is 34.0. The van der Waals surface area contributed by atoms with Crippen molar-refractivity contribution in [2.24, 2.45) is 0 Å². The lowest BCUT2D eigenvalue weighted by molar-refractivity contribution is 0.289. The third-order valence-electron chi connectivity index (χ3n) is 7.57. The van der Waals surface area contributed by atoms with Crippen molar-refractivity contribution in [3.63, 3.8) is 0 Å². The van der Waals surface area contributed by atoms with Gasteiger partial charge < -0.3 is 19.3 Å². The summed E-state index contributed by atoms with van der Waals surface area (Å²) in [7, 11) is 0. The van der Waals surface area contributed by atoms with Gasteiger partial charge in [0.1, 0.15) is 11.5 Å². The Kier molecular flexibility index (Phi) is 7.80. The van der Waals surface area contributed by atoms with Crippen LogP contribution in [0.2, 0.25) is 0 Å². The summed E-state index contributed by atoms with van der Waals surface area (Å²) in [5.74, 6) is 2.04. The summed E-state index contributed by atoms with van der Waals surface area (Å²) in [6.45, 7) is 16.5. The van der Waals surface area contributed by atoms with Gasteiger partial charge in [-0.15, -0.1) is 0 Å². The molecule has 0 fully saturated rings. The van der Waals surface area contributed by atoms with Crippen LogP contribution >= 0.6 is 0 Å². The highest BCUT2D eigenvalue weighted by Gasteiger charge is 2.22. The lowest BCUT2D eigenvalue weighted by Crippen LogP contribution is -2.32. The highest BCUT2D eigenvalue weighted by atomic mass is 16.5. The zero-order chi connectivity index (χ0) is 28.3. The van der Waals surface area contributed by atoms with Crippen molar-refractivity contribution in [1.82, 2.24) is 0 Å². The third-order valence-corrected chi connectivity index (χ3v) is 7.57. The lowest BCUT2D eigenvalue weighted by atomic mass is 9.86. The maximum atomic E-state index is 5.88. The van der Waals surface area contributed by atoms with Gasteiger partial charge in [-0.1, -0.05) is 90.1 Å². The number of para-hydroxylation sites is 2. The first-order valence-electron chi connectivity index (χ1n) is 14.2. The molecular weight excluding hydrogens is 492 g/mol. The average Bonchev–Trinajstić information content (AvgIpc) is 2.96. The zero-order valence-corrected chi connectivity index (χ0v) is 24.8. The van der Waals surface area contributed by atoms with Crippen molar-refractivity contribution in [1.29, 1.82) is 0 Å². The molecule has 4 aromatic rings. The Morgan fingerprint density at radius 3 is 1.23 bits per heavy atom. The SMILES string of the molecule is CC(C)(C)c1ccc2c(c1)CN(c1ccccc1)CO2.CC(C)(C)c1ccc2c(c1)CN(c1ccccc1)CO2. The second-order valence-corrected chi connectivity index (χ2v) is 12.8. The van der Waals surface area contributed by atoms with Crippen LogP contribution in [-0.4, -0.2) is 13.5 Å². The molecule has 0 saturated carbocycles. The van der Waals surface area contributed by atoms with Crippen LogP contribution in [0.5, 0.6) is 11.5 Å². The maximum absolute atomic E-state index is 5.88. The first-order valence-corrected chi connectivity index (χ1v) is 14.2. The van der Waals surface area contributed by atoms with Gasteiger partial charge in [-0.25, -0.2) is 0 Å². The molecule has 208 valence electrons. The van der Waals surface area contributed by atoms with Crippen molar-refractivity contribution < 1.29 is 9.47 Å². The van der Waals surface area contributed by atoms with Crippen molar-refractivity contribution in [2.75, 3.05) is 23.3 Å². The molecule has 0 aromatic heterocycles. The molecule has 2 heterocycles. The van der Waals surface area contributed by atoms with E-state index in [1.807, 2.05) is 12.1 Å².